The molecule has 3 atom stereocenters. The van der Waals surface area contributed by atoms with Crippen LogP contribution in [0.25, 0.3) is 0 Å². The Kier molecular flexibility index (Phi) is 9.87. The molecule has 0 spiro atoms. The van der Waals surface area contributed by atoms with E-state index in [2.05, 4.69) is 0 Å². The van der Waals surface area contributed by atoms with E-state index < -0.39 is 29.9 Å². The number of nitrogens with zero attached hydrogens (tertiary/aromatic N) is 1. The molecule has 0 saturated carbocycles. The first-order valence-corrected chi connectivity index (χ1v) is 13.3. The Morgan fingerprint density at radius 1 is 0.769 bits per heavy atom. The highest BCUT2D eigenvalue weighted by atomic mass is 16.6. The molecule has 3 aromatic carbocycles. The molecular weight excluding hydrogens is 494 g/mol. The molecule has 0 aliphatic carbocycles. The number of piperidine rings is 1. The van der Waals surface area contributed by atoms with Crippen molar-refractivity contribution in [3.05, 3.63) is 108 Å². The van der Waals surface area contributed by atoms with Crippen molar-refractivity contribution in [3.63, 3.8) is 0 Å². The molecular formula is C32H37NO6. The minimum Gasteiger partial charge on any atom is -0.444 e. The number of hydrogen-bond donors (Lipinski definition) is 0. The van der Waals surface area contributed by atoms with Crippen LogP contribution in [-0.4, -0.2) is 53.8 Å². The minimum absolute atomic E-state index is 0.145. The molecule has 3 aromatic rings. The summed E-state index contributed by atoms with van der Waals surface area (Å²) in [5.41, 5.74) is 2.17. The summed E-state index contributed by atoms with van der Waals surface area (Å²) in [6.07, 6.45) is -2.23. The van der Waals surface area contributed by atoms with Crippen LogP contribution in [0.1, 0.15) is 37.5 Å². The predicted octanol–water partition coefficient (Wildman–Crippen LogP) is 5.56. The summed E-state index contributed by atoms with van der Waals surface area (Å²) in [5.74, 6) is -0.242. The number of amides is 1. The predicted molar refractivity (Wildman–Crippen MR) is 148 cm³/mol. The number of Topliss-reactive ketones (excluding diaryl/α,β-unsaturated/α-hetero) is 1. The highest BCUT2D eigenvalue weighted by Gasteiger charge is 2.47. The highest BCUT2D eigenvalue weighted by molar-refractivity contribution is 5.90. The molecule has 7 nitrogen and oxygen atoms in total. The van der Waals surface area contributed by atoms with E-state index in [0.717, 1.165) is 16.7 Å². The third-order valence-electron chi connectivity index (χ3n) is 6.31. The van der Waals surface area contributed by atoms with Gasteiger partial charge >= 0.3 is 6.09 Å². The molecule has 1 saturated heterocycles. The van der Waals surface area contributed by atoms with E-state index in [0.29, 0.717) is 6.61 Å². The third-order valence-corrected chi connectivity index (χ3v) is 6.31. The Morgan fingerprint density at radius 3 is 1.77 bits per heavy atom. The molecule has 39 heavy (non-hydrogen) atoms. The van der Waals surface area contributed by atoms with Crippen LogP contribution in [0.3, 0.4) is 0 Å². The first kappa shape index (κ1) is 28.5. The quantitative estimate of drug-likeness (QED) is 0.341. The van der Waals surface area contributed by atoms with Crippen molar-refractivity contribution in [2.24, 2.45) is 0 Å². The van der Waals surface area contributed by atoms with Crippen LogP contribution in [0.2, 0.25) is 0 Å². The number of carbonyl (C=O) groups excluding carboxylic acids is 2. The van der Waals surface area contributed by atoms with Crippen molar-refractivity contribution in [1.82, 2.24) is 4.90 Å². The first-order chi connectivity index (χ1) is 18.8. The Hall–Kier alpha value is -3.52. The van der Waals surface area contributed by atoms with E-state index in [1.165, 1.54) is 4.90 Å². The molecule has 1 aliphatic rings. The summed E-state index contributed by atoms with van der Waals surface area (Å²) in [4.78, 5) is 28.2. The normalized spacial score (nSPS) is 19.6. The molecule has 206 valence electrons. The average Bonchev–Trinajstić information content (AvgIpc) is 2.92. The maximum Gasteiger partial charge on any atom is 0.411 e. The lowest BCUT2D eigenvalue weighted by molar-refractivity contribution is -0.171. The molecule has 0 radical (unpaired) electrons. The van der Waals surface area contributed by atoms with Gasteiger partial charge in [0.2, 0.25) is 0 Å². The molecule has 1 aliphatic heterocycles. The molecule has 0 N–H and O–H groups in total. The zero-order valence-electron chi connectivity index (χ0n) is 22.8. The van der Waals surface area contributed by atoms with E-state index >= 15 is 0 Å². The Balaban J connectivity index is 1.59. The Labute approximate surface area is 230 Å². The zero-order valence-corrected chi connectivity index (χ0v) is 22.8. The van der Waals surface area contributed by atoms with Crippen LogP contribution < -0.4 is 0 Å². The smallest absolute Gasteiger partial charge is 0.411 e. The van der Waals surface area contributed by atoms with E-state index in [1.807, 2.05) is 91.0 Å². The summed E-state index contributed by atoms with van der Waals surface area (Å²) in [6.45, 7) is 6.24. The number of benzene rings is 3. The number of ketones is 1. The van der Waals surface area contributed by atoms with E-state index in [1.54, 1.807) is 20.8 Å². The van der Waals surface area contributed by atoms with Gasteiger partial charge in [-0.3, -0.25) is 9.69 Å². The lowest BCUT2D eigenvalue weighted by Gasteiger charge is -2.43. The zero-order chi connectivity index (χ0) is 27.7. The van der Waals surface area contributed by atoms with Gasteiger partial charge in [0.15, 0.2) is 5.78 Å². The fraction of sp³-hybridized carbons (Fsp3) is 0.375. The van der Waals surface area contributed by atoms with Crippen LogP contribution in [-0.2, 0) is 43.6 Å². The van der Waals surface area contributed by atoms with E-state index in [-0.39, 0.29) is 32.1 Å². The van der Waals surface area contributed by atoms with Crippen molar-refractivity contribution in [1.29, 1.82) is 0 Å². The van der Waals surface area contributed by atoms with Crippen LogP contribution in [0.15, 0.2) is 91.0 Å². The molecule has 7 heteroatoms. The highest BCUT2D eigenvalue weighted by Crippen LogP contribution is 2.26. The second-order valence-electron chi connectivity index (χ2n) is 10.6. The standard InChI is InChI=1S/C32H37NO6/c1-32(2,3)39-31(35)33-19-28(34)30(38-22-26-17-11-6-12-18-26)29(37-21-25-15-9-5-10-16-25)27(33)23-36-20-24-13-7-4-8-14-24/h4-18,27,29-30H,19-23H2,1-3H3/t27-,29-,30+/m0/s1. The van der Waals surface area contributed by atoms with Gasteiger partial charge in [-0.15, -0.1) is 0 Å². The van der Waals surface area contributed by atoms with Gasteiger partial charge < -0.3 is 18.9 Å². The summed E-state index contributed by atoms with van der Waals surface area (Å²) in [6, 6.07) is 28.6. The molecule has 0 aromatic heterocycles. The van der Waals surface area contributed by atoms with Gasteiger partial charge in [0, 0.05) is 0 Å². The molecule has 1 amide bonds. The molecule has 4 rings (SSSR count). The van der Waals surface area contributed by atoms with Crippen molar-refractivity contribution in [2.45, 2.75) is 64.4 Å². The topological polar surface area (TPSA) is 74.3 Å². The Bertz CT molecular complexity index is 1180. The van der Waals surface area contributed by atoms with Crippen molar-refractivity contribution >= 4 is 11.9 Å². The summed E-state index contributed by atoms with van der Waals surface area (Å²) in [5, 5.41) is 0. The second kappa shape index (κ2) is 13.5. The average molecular weight is 532 g/mol. The van der Waals surface area contributed by atoms with Crippen molar-refractivity contribution in [3.8, 4) is 0 Å². The third kappa shape index (κ3) is 8.48. The SMILES string of the molecule is CC(C)(C)OC(=O)N1CC(=O)[C@@H](OCc2ccccc2)[C@@H](OCc2ccccc2)[C@@H]1COCc1ccccc1. The number of ether oxygens (including phenoxy) is 4. The molecule has 0 unspecified atom stereocenters. The maximum absolute atomic E-state index is 13.5. The number of rotatable bonds is 10. The lowest BCUT2D eigenvalue weighted by atomic mass is 9.95. The minimum atomic E-state index is -0.877. The van der Waals surface area contributed by atoms with Gasteiger partial charge in [0.25, 0.3) is 0 Å². The fourth-order valence-corrected chi connectivity index (χ4v) is 4.43. The first-order valence-electron chi connectivity index (χ1n) is 13.3. The van der Waals surface area contributed by atoms with E-state index in [4.69, 9.17) is 18.9 Å². The van der Waals surface area contributed by atoms with Gasteiger partial charge in [0.05, 0.1) is 39.0 Å². The monoisotopic (exact) mass is 531 g/mol. The Morgan fingerprint density at radius 2 is 1.26 bits per heavy atom. The summed E-state index contributed by atoms with van der Waals surface area (Å²) >= 11 is 0. The largest absolute Gasteiger partial charge is 0.444 e. The number of carbonyl (C=O) groups is 2. The summed E-state index contributed by atoms with van der Waals surface area (Å²) < 4.78 is 24.4. The van der Waals surface area contributed by atoms with Gasteiger partial charge in [-0.1, -0.05) is 91.0 Å². The van der Waals surface area contributed by atoms with Crippen molar-refractivity contribution in [2.75, 3.05) is 13.2 Å². The maximum atomic E-state index is 13.5. The summed E-state index contributed by atoms with van der Waals surface area (Å²) in [7, 11) is 0. The molecule has 1 heterocycles. The van der Waals surface area contributed by atoms with Crippen LogP contribution in [0.5, 0.6) is 0 Å². The van der Waals surface area contributed by atoms with Gasteiger partial charge in [-0.05, 0) is 37.5 Å². The molecule has 0 bridgehead atoms. The molecule has 1 fully saturated rings. The second-order valence-corrected chi connectivity index (χ2v) is 10.6. The van der Waals surface area contributed by atoms with Gasteiger partial charge in [0.1, 0.15) is 17.8 Å². The number of hydrogen-bond acceptors (Lipinski definition) is 6. The fourth-order valence-electron chi connectivity index (χ4n) is 4.43. The van der Waals surface area contributed by atoms with Gasteiger partial charge in [-0.2, -0.15) is 0 Å². The lowest BCUT2D eigenvalue weighted by Crippen LogP contribution is -2.64. The number of likely N-dealkylation sites (tertiary alicyclic amines) is 1. The van der Waals surface area contributed by atoms with Crippen molar-refractivity contribution < 1.29 is 28.5 Å². The van der Waals surface area contributed by atoms with Crippen LogP contribution in [0.4, 0.5) is 4.79 Å². The van der Waals surface area contributed by atoms with Crippen LogP contribution in [0, 0.1) is 0 Å². The van der Waals surface area contributed by atoms with E-state index in [9.17, 15) is 9.59 Å². The van der Waals surface area contributed by atoms with Gasteiger partial charge in [-0.25, -0.2) is 4.79 Å². The van der Waals surface area contributed by atoms with Crippen LogP contribution >= 0.6 is 0 Å².